The maximum atomic E-state index is 13.6. The molecule has 0 aliphatic carbocycles. The van der Waals surface area contributed by atoms with Crippen LogP contribution in [0.5, 0.6) is 0 Å². The van der Waals surface area contributed by atoms with Crippen molar-refractivity contribution in [3.8, 4) is 0 Å². The zero-order valence-corrected chi connectivity index (χ0v) is 12.1. The van der Waals surface area contributed by atoms with Crippen LogP contribution in [0.4, 0.5) is 4.39 Å². The topological polar surface area (TPSA) is 46.2 Å². The summed E-state index contributed by atoms with van der Waals surface area (Å²) >= 11 is 5.82. The van der Waals surface area contributed by atoms with Crippen molar-refractivity contribution in [2.24, 2.45) is 0 Å². The van der Waals surface area contributed by atoms with Gasteiger partial charge in [-0.2, -0.15) is 0 Å². The quantitative estimate of drug-likeness (QED) is 0.922. The molecule has 0 saturated carbocycles. The Bertz CT molecular complexity index is 669. The third-order valence-electron chi connectivity index (χ3n) is 2.74. The van der Waals surface area contributed by atoms with Gasteiger partial charge in [0.15, 0.2) is 0 Å². The van der Waals surface area contributed by atoms with Crippen LogP contribution in [0, 0.1) is 5.82 Å². The monoisotopic (exact) mass is 313 g/mol. The molecule has 0 unspecified atom stereocenters. The molecule has 0 spiro atoms. The number of sulfonamides is 1. The fourth-order valence-corrected chi connectivity index (χ4v) is 3.17. The summed E-state index contributed by atoms with van der Waals surface area (Å²) in [6.07, 6.45) is 0. The summed E-state index contributed by atoms with van der Waals surface area (Å²) in [5.74, 6) is -1.10. The Balaban J connectivity index is 2.08. The third kappa shape index (κ3) is 4.03. The van der Waals surface area contributed by atoms with Crippen LogP contribution in [0.1, 0.15) is 11.1 Å². The van der Waals surface area contributed by atoms with Crippen molar-refractivity contribution in [1.29, 1.82) is 0 Å². The number of rotatable bonds is 5. The van der Waals surface area contributed by atoms with Crippen LogP contribution in [0.2, 0.25) is 5.02 Å². The first-order valence-corrected chi connectivity index (χ1v) is 7.95. The van der Waals surface area contributed by atoms with Crippen molar-refractivity contribution in [3.63, 3.8) is 0 Å². The molecule has 0 heterocycles. The lowest BCUT2D eigenvalue weighted by molar-refractivity contribution is 0.574. The van der Waals surface area contributed by atoms with Crippen molar-refractivity contribution in [3.05, 3.63) is 70.5 Å². The Morgan fingerprint density at radius 2 is 1.75 bits per heavy atom. The van der Waals surface area contributed by atoms with Gasteiger partial charge in [-0.05, 0) is 17.7 Å². The molecule has 2 aromatic carbocycles. The summed E-state index contributed by atoms with van der Waals surface area (Å²) in [5, 5.41) is 0.107. The molecule has 106 valence electrons. The van der Waals surface area contributed by atoms with Gasteiger partial charge in [-0.1, -0.05) is 48.0 Å². The van der Waals surface area contributed by atoms with E-state index in [0.717, 1.165) is 5.56 Å². The van der Waals surface area contributed by atoms with Crippen molar-refractivity contribution in [2.45, 2.75) is 12.3 Å². The van der Waals surface area contributed by atoms with Crippen molar-refractivity contribution in [1.82, 2.24) is 4.72 Å². The molecule has 0 atom stereocenters. The van der Waals surface area contributed by atoms with E-state index in [2.05, 4.69) is 4.72 Å². The van der Waals surface area contributed by atoms with Gasteiger partial charge in [0.25, 0.3) is 0 Å². The maximum Gasteiger partial charge on any atom is 0.216 e. The standard InChI is InChI=1S/C14H13ClFNO2S/c15-13-7-4-8-14(16)12(13)10-20(18,19)17-9-11-5-2-1-3-6-11/h1-8,17H,9-10H2. The first kappa shape index (κ1) is 15.0. The molecule has 2 aromatic rings. The van der Waals surface area contributed by atoms with E-state index in [9.17, 15) is 12.8 Å². The van der Waals surface area contributed by atoms with Crippen molar-refractivity contribution < 1.29 is 12.8 Å². The average molecular weight is 314 g/mol. The van der Waals surface area contributed by atoms with Crippen LogP contribution in [-0.2, 0) is 22.3 Å². The van der Waals surface area contributed by atoms with E-state index in [0.29, 0.717) is 0 Å². The van der Waals surface area contributed by atoms with Gasteiger partial charge in [0, 0.05) is 17.1 Å². The van der Waals surface area contributed by atoms with Gasteiger partial charge in [-0.15, -0.1) is 0 Å². The first-order valence-electron chi connectivity index (χ1n) is 5.92. The molecular weight excluding hydrogens is 301 g/mol. The van der Waals surface area contributed by atoms with Crippen LogP contribution >= 0.6 is 11.6 Å². The van der Waals surface area contributed by atoms with Crippen molar-refractivity contribution in [2.75, 3.05) is 0 Å². The molecule has 0 saturated heterocycles. The summed E-state index contributed by atoms with van der Waals surface area (Å²) in [4.78, 5) is 0. The predicted molar refractivity (Wildman–Crippen MR) is 77.3 cm³/mol. The van der Waals surface area contributed by atoms with E-state index in [-0.39, 0.29) is 17.1 Å². The van der Waals surface area contributed by atoms with Crippen LogP contribution in [0.15, 0.2) is 48.5 Å². The summed E-state index contributed by atoms with van der Waals surface area (Å²) in [6, 6.07) is 13.2. The molecule has 1 N–H and O–H groups in total. The molecule has 0 amide bonds. The summed E-state index contributed by atoms with van der Waals surface area (Å²) < 4.78 is 39.9. The zero-order valence-electron chi connectivity index (χ0n) is 10.5. The molecule has 0 aliphatic heterocycles. The number of hydrogen-bond donors (Lipinski definition) is 1. The van der Waals surface area contributed by atoms with E-state index in [4.69, 9.17) is 11.6 Å². The largest absolute Gasteiger partial charge is 0.216 e. The molecular formula is C14H13ClFNO2S. The molecule has 0 radical (unpaired) electrons. The zero-order chi connectivity index (χ0) is 14.6. The number of halogens is 2. The van der Waals surface area contributed by atoms with E-state index < -0.39 is 21.6 Å². The van der Waals surface area contributed by atoms with Gasteiger partial charge < -0.3 is 0 Å². The molecule has 2 rings (SSSR count). The number of nitrogens with one attached hydrogen (secondary N) is 1. The number of benzene rings is 2. The highest BCUT2D eigenvalue weighted by Gasteiger charge is 2.16. The fraction of sp³-hybridized carbons (Fsp3) is 0.143. The Morgan fingerprint density at radius 1 is 1.05 bits per heavy atom. The highest BCUT2D eigenvalue weighted by Crippen LogP contribution is 2.21. The van der Waals surface area contributed by atoms with Crippen LogP contribution in [0.3, 0.4) is 0 Å². The Labute approximate surface area is 122 Å². The van der Waals surface area contributed by atoms with Crippen molar-refractivity contribution >= 4 is 21.6 Å². The highest BCUT2D eigenvalue weighted by molar-refractivity contribution is 7.88. The normalized spacial score (nSPS) is 11.5. The second kappa shape index (κ2) is 6.35. The van der Waals surface area contributed by atoms with Gasteiger partial charge >= 0.3 is 0 Å². The van der Waals surface area contributed by atoms with Crippen LogP contribution in [-0.4, -0.2) is 8.42 Å². The molecule has 0 aliphatic rings. The minimum Gasteiger partial charge on any atom is -0.212 e. The lowest BCUT2D eigenvalue weighted by atomic mass is 10.2. The minimum absolute atomic E-state index is 0.0188. The minimum atomic E-state index is -3.65. The van der Waals surface area contributed by atoms with E-state index in [1.54, 1.807) is 12.1 Å². The third-order valence-corrected chi connectivity index (χ3v) is 4.34. The average Bonchev–Trinajstić information content (AvgIpc) is 2.42. The molecule has 20 heavy (non-hydrogen) atoms. The van der Waals surface area contributed by atoms with Crippen LogP contribution in [0.25, 0.3) is 0 Å². The second-order valence-corrected chi connectivity index (χ2v) is 6.48. The van der Waals surface area contributed by atoms with Gasteiger partial charge in [0.05, 0.1) is 5.75 Å². The van der Waals surface area contributed by atoms with Gasteiger partial charge in [0.1, 0.15) is 5.82 Å². The van der Waals surface area contributed by atoms with E-state index >= 15 is 0 Å². The Hall–Kier alpha value is -1.43. The molecule has 0 aromatic heterocycles. The summed E-state index contributed by atoms with van der Waals surface area (Å²) in [7, 11) is -3.65. The molecule has 0 fully saturated rings. The van der Waals surface area contributed by atoms with Gasteiger partial charge in [-0.3, -0.25) is 0 Å². The molecule has 3 nitrogen and oxygen atoms in total. The molecule has 0 bridgehead atoms. The summed E-state index contributed by atoms with van der Waals surface area (Å²) in [6.45, 7) is 0.162. The van der Waals surface area contributed by atoms with E-state index in [1.807, 2.05) is 18.2 Å². The van der Waals surface area contributed by atoms with Gasteiger partial charge in [-0.25, -0.2) is 17.5 Å². The fourth-order valence-electron chi connectivity index (χ4n) is 1.70. The highest BCUT2D eigenvalue weighted by atomic mass is 35.5. The van der Waals surface area contributed by atoms with E-state index in [1.165, 1.54) is 18.2 Å². The van der Waals surface area contributed by atoms with Gasteiger partial charge in [0.2, 0.25) is 10.0 Å². The van der Waals surface area contributed by atoms with Crippen LogP contribution < -0.4 is 4.72 Å². The first-order chi connectivity index (χ1) is 9.48. The number of hydrogen-bond acceptors (Lipinski definition) is 2. The SMILES string of the molecule is O=S(=O)(Cc1c(F)cccc1Cl)NCc1ccccc1. The lowest BCUT2D eigenvalue weighted by Crippen LogP contribution is -2.25. The Morgan fingerprint density at radius 3 is 2.40 bits per heavy atom. The lowest BCUT2D eigenvalue weighted by Gasteiger charge is -2.09. The molecule has 6 heteroatoms. The maximum absolute atomic E-state index is 13.6. The second-order valence-electron chi connectivity index (χ2n) is 4.27. The smallest absolute Gasteiger partial charge is 0.212 e. The predicted octanol–water partition coefficient (Wildman–Crippen LogP) is 3.10. The summed E-state index contributed by atoms with van der Waals surface area (Å²) in [5.41, 5.74) is 0.811. The Kier molecular flexibility index (Phi) is 4.75.